The van der Waals surface area contributed by atoms with Crippen molar-refractivity contribution in [1.29, 1.82) is 0 Å². The van der Waals surface area contributed by atoms with E-state index in [2.05, 4.69) is 16.0 Å². The van der Waals surface area contributed by atoms with Crippen molar-refractivity contribution < 1.29 is 9.90 Å². The molecule has 0 spiro atoms. The summed E-state index contributed by atoms with van der Waals surface area (Å²) in [5.41, 5.74) is 0.326. The Labute approximate surface area is 173 Å². The van der Waals surface area contributed by atoms with Gasteiger partial charge in [-0.05, 0) is 37.0 Å². The zero-order valence-corrected chi connectivity index (χ0v) is 16.6. The van der Waals surface area contributed by atoms with Crippen LogP contribution in [0.2, 0.25) is 0 Å². The zero-order chi connectivity index (χ0) is 21.3. The van der Waals surface area contributed by atoms with Gasteiger partial charge in [-0.15, -0.1) is 0 Å². The van der Waals surface area contributed by atoms with Gasteiger partial charge in [0.25, 0.3) is 16.8 Å². The largest absolute Gasteiger partial charge is 0.505 e. The second kappa shape index (κ2) is 8.02. The van der Waals surface area contributed by atoms with Gasteiger partial charge < -0.3 is 21.1 Å². The highest BCUT2D eigenvalue weighted by Crippen LogP contribution is 2.33. The molecular weight excluding hydrogens is 382 g/mol. The van der Waals surface area contributed by atoms with E-state index in [-0.39, 0.29) is 46.4 Å². The van der Waals surface area contributed by atoms with E-state index in [1.807, 2.05) is 37.3 Å². The number of para-hydroxylation sites is 1. The summed E-state index contributed by atoms with van der Waals surface area (Å²) in [7, 11) is 0. The number of hydrogen-bond donors (Lipinski definition) is 4. The third kappa shape index (κ3) is 3.78. The van der Waals surface area contributed by atoms with Crippen molar-refractivity contribution in [3.63, 3.8) is 0 Å². The summed E-state index contributed by atoms with van der Waals surface area (Å²) in [5, 5.41) is 19.4. The van der Waals surface area contributed by atoms with E-state index in [0.717, 1.165) is 18.4 Å². The van der Waals surface area contributed by atoms with Crippen LogP contribution in [0.15, 0.2) is 58.1 Å². The number of carbonyl (C=O) groups is 1. The van der Waals surface area contributed by atoms with Crippen LogP contribution in [0.1, 0.15) is 48.1 Å². The Morgan fingerprint density at radius 1 is 1.03 bits per heavy atom. The van der Waals surface area contributed by atoms with E-state index in [1.54, 1.807) is 12.1 Å². The normalized spacial score (nSPS) is 14.3. The molecule has 7 nitrogen and oxygen atoms in total. The van der Waals surface area contributed by atoms with Crippen LogP contribution in [0.3, 0.4) is 0 Å². The van der Waals surface area contributed by atoms with Gasteiger partial charge in [-0.1, -0.05) is 43.3 Å². The summed E-state index contributed by atoms with van der Waals surface area (Å²) in [4.78, 5) is 36.7. The first-order chi connectivity index (χ1) is 14.5. The van der Waals surface area contributed by atoms with Gasteiger partial charge in [-0.3, -0.25) is 14.4 Å². The highest BCUT2D eigenvalue weighted by Gasteiger charge is 2.27. The summed E-state index contributed by atoms with van der Waals surface area (Å²) in [6.07, 6.45) is 2.58. The fourth-order valence-corrected chi connectivity index (χ4v) is 3.38. The maximum absolute atomic E-state index is 12.3. The SMILES string of the molecule is CC[C@@H](Nc1c(Nc2cccc(C(=O)NC3CC3)c2O)c(=O)c1=O)c1ccccc1. The van der Waals surface area contributed by atoms with E-state index in [0.29, 0.717) is 6.42 Å². The van der Waals surface area contributed by atoms with Crippen LogP contribution in [0.25, 0.3) is 0 Å². The van der Waals surface area contributed by atoms with E-state index in [9.17, 15) is 19.5 Å². The first-order valence-corrected chi connectivity index (χ1v) is 10.0. The molecule has 1 amide bonds. The fraction of sp³-hybridized carbons (Fsp3) is 0.261. The van der Waals surface area contributed by atoms with E-state index >= 15 is 0 Å². The fourth-order valence-electron chi connectivity index (χ4n) is 3.38. The minimum atomic E-state index is -0.660. The number of amides is 1. The van der Waals surface area contributed by atoms with Crippen molar-refractivity contribution in [3.05, 3.63) is 80.1 Å². The van der Waals surface area contributed by atoms with Crippen LogP contribution < -0.4 is 26.8 Å². The number of anilines is 3. The lowest BCUT2D eigenvalue weighted by atomic mass is 10.0. The second-order valence-electron chi connectivity index (χ2n) is 7.50. The second-order valence-corrected chi connectivity index (χ2v) is 7.50. The van der Waals surface area contributed by atoms with Crippen molar-refractivity contribution in [1.82, 2.24) is 5.32 Å². The summed E-state index contributed by atoms with van der Waals surface area (Å²) in [5.74, 6) is -0.623. The minimum Gasteiger partial charge on any atom is -0.505 e. The number of benzene rings is 2. The van der Waals surface area contributed by atoms with Crippen molar-refractivity contribution in [2.75, 3.05) is 10.6 Å². The van der Waals surface area contributed by atoms with Crippen LogP contribution in [-0.2, 0) is 0 Å². The van der Waals surface area contributed by atoms with Gasteiger partial charge in [0.15, 0.2) is 5.75 Å². The summed E-state index contributed by atoms with van der Waals surface area (Å²) in [6.45, 7) is 1.98. The van der Waals surface area contributed by atoms with Crippen LogP contribution >= 0.6 is 0 Å². The first-order valence-electron chi connectivity index (χ1n) is 10.0. The molecule has 0 aromatic heterocycles. The average molecular weight is 405 g/mol. The molecule has 0 radical (unpaired) electrons. The Bertz CT molecular complexity index is 1150. The van der Waals surface area contributed by atoms with E-state index in [4.69, 9.17) is 0 Å². The topological polar surface area (TPSA) is 108 Å². The van der Waals surface area contributed by atoms with E-state index in [1.165, 1.54) is 6.07 Å². The standard InChI is InChI=1S/C23H23N3O4/c1-2-16(13-7-4-3-5-8-13)25-18-19(22(29)21(18)28)26-17-10-6-9-15(20(17)27)23(30)24-14-11-12-14/h3-10,14,16,25-27H,2,11-12H2,1H3,(H,24,30)/t16-/m1/s1. The van der Waals surface area contributed by atoms with Gasteiger partial charge in [0.05, 0.1) is 17.3 Å². The van der Waals surface area contributed by atoms with Crippen molar-refractivity contribution in [2.45, 2.75) is 38.3 Å². The number of phenols is 1. The number of nitrogens with one attached hydrogen (secondary N) is 3. The Hall–Kier alpha value is -3.61. The van der Waals surface area contributed by atoms with Gasteiger partial charge in [0.2, 0.25) is 0 Å². The first kappa shape index (κ1) is 19.7. The Morgan fingerprint density at radius 3 is 2.40 bits per heavy atom. The lowest BCUT2D eigenvalue weighted by molar-refractivity contribution is 0.0948. The molecular formula is C23H23N3O4. The number of phenolic OH excluding ortho intramolecular Hbond substituents is 1. The highest BCUT2D eigenvalue weighted by molar-refractivity contribution is 5.99. The quantitative estimate of drug-likeness (QED) is 0.339. The maximum Gasteiger partial charge on any atom is 0.255 e. The van der Waals surface area contributed by atoms with Gasteiger partial charge in [0, 0.05) is 6.04 Å². The molecule has 0 unspecified atom stereocenters. The molecule has 1 atom stereocenters. The molecule has 4 N–H and O–H groups in total. The summed E-state index contributed by atoms with van der Waals surface area (Å²) >= 11 is 0. The van der Waals surface area contributed by atoms with Gasteiger partial charge in [-0.25, -0.2) is 0 Å². The molecule has 3 aromatic carbocycles. The average Bonchev–Trinajstić information content (AvgIpc) is 3.58. The lowest BCUT2D eigenvalue weighted by Crippen LogP contribution is -2.37. The van der Waals surface area contributed by atoms with Gasteiger partial charge in [0.1, 0.15) is 11.4 Å². The van der Waals surface area contributed by atoms with Crippen LogP contribution in [0.5, 0.6) is 5.75 Å². The van der Waals surface area contributed by atoms with Crippen molar-refractivity contribution in [3.8, 4) is 5.75 Å². The molecule has 30 heavy (non-hydrogen) atoms. The third-order valence-corrected chi connectivity index (χ3v) is 5.29. The molecule has 0 bridgehead atoms. The molecule has 0 aliphatic heterocycles. The number of hydrogen-bond acceptors (Lipinski definition) is 6. The van der Waals surface area contributed by atoms with Crippen LogP contribution in [-0.4, -0.2) is 17.1 Å². The van der Waals surface area contributed by atoms with E-state index < -0.39 is 10.9 Å². The molecule has 1 saturated carbocycles. The molecule has 3 aromatic rings. The Morgan fingerprint density at radius 2 is 1.73 bits per heavy atom. The monoisotopic (exact) mass is 405 g/mol. The number of rotatable bonds is 8. The number of aromatic hydroxyl groups is 1. The zero-order valence-electron chi connectivity index (χ0n) is 16.6. The van der Waals surface area contributed by atoms with Gasteiger partial charge in [-0.2, -0.15) is 0 Å². The Balaban J connectivity index is 1.58. The highest BCUT2D eigenvalue weighted by atomic mass is 16.3. The molecule has 4 rings (SSSR count). The molecule has 7 heteroatoms. The maximum atomic E-state index is 12.3. The molecule has 0 heterocycles. The molecule has 0 saturated heterocycles. The summed E-state index contributed by atoms with van der Waals surface area (Å²) in [6, 6.07) is 14.3. The minimum absolute atomic E-state index is 0.0874. The predicted molar refractivity (Wildman–Crippen MR) is 116 cm³/mol. The number of carbonyl (C=O) groups excluding carboxylic acids is 1. The molecule has 1 fully saturated rings. The molecule has 1 aliphatic carbocycles. The van der Waals surface area contributed by atoms with Crippen molar-refractivity contribution >= 4 is 23.0 Å². The summed E-state index contributed by atoms with van der Waals surface area (Å²) < 4.78 is 0. The molecule has 154 valence electrons. The smallest absolute Gasteiger partial charge is 0.255 e. The third-order valence-electron chi connectivity index (χ3n) is 5.29. The van der Waals surface area contributed by atoms with Crippen molar-refractivity contribution in [2.24, 2.45) is 0 Å². The molecule has 1 aliphatic rings. The predicted octanol–water partition coefficient (Wildman–Crippen LogP) is 3.19. The Kier molecular flexibility index (Phi) is 5.27. The van der Waals surface area contributed by atoms with Crippen LogP contribution in [0.4, 0.5) is 17.1 Å². The van der Waals surface area contributed by atoms with Gasteiger partial charge >= 0.3 is 0 Å². The lowest BCUT2D eigenvalue weighted by Gasteiger charge is -2.22. The van der Waals surface area contributed by atoms with Crippen LogP contribution in [0, 0.1) is 0 Å².